The van der Waals surface area contributed by atoms with Gasteiger partial charge in [-0.2, -0.15) is 0 Å². The van der Waals surface area contributed by atoms with Crippen LogP contribution in [0.2, 0.25) is 0 Å². The molecule has 1 saturated carbocycles. The summed E-state index contributed by atoms with van der Waals surface area (Å²) in [4.78, 5) is 10.9. The van der Waals surface area contributed by atoms with Gasteiger partial charge < -0.3 is 10.4 Å². The van der Waals surface area contributed by atoms with E-state index in [1.54, 1.807) is 0 Å². The third-order valence-corrected chi connectivity index (χ3v) is 2.43. The Morgan fingerprint density at radius 1 is 1.38 bits per heavy atom. The number of amides is 1. The van der Waals surface area contributed by atoms with Crippen molar-refractivity contribution in [3.8, 4) is 12.3 Å². The topological polar surface area (TPSA) is 49.3 Å². The number of nitrogens with one attached hydrogen (secondary N) is 1. The van der Waals surface area contributed by atoms with Crippen LogP contribution in [0.15, 0.2) is 0 Å². The zero-order valence-electron chi connectivity index (χ0n) is 7.62. The van der Waals surface area contributed by atoms with Crippen LogP contribution in [0, 0.1) is 12.3 Å². The highest BCUT2D eigenvalue weighted by Crippen LogP contribution is 2.17. The van der Waals surface area contributed by atoms with E-state index in [-0.39, 0.29) is 6.04 Å². The van der Waals surface area contributed by atoms with E-state index >= 15 is 0 Å². The van der Waals surface area contributed by atoms with Crippen LogP contribution < -0.4 is 5.32 Å². The molecule has 0 radical (unpaired) electrons. The number of hydrogen-bond donors (Lipinski definition) is 2. The molecule has 0 aromatic rings. The predicted octanol–water partition coefficient (Wildman–Crippen LogP) is 0.429. The molecule has 2 N–H and O–H groups in total. The fourth-order valence-electron chi connectivity index (χ4n) is 1.67. The maximum atomic E-state index is 10.9. The van der Waals surface area contributed by atoms with Crippen LogP contribution in [0.1, 0.15) is 32.1 Å². The summed E-state index contributed by atoms with van der Waals surface area (Å²) in [7, 11) is 0. The van der Waals surface area contributed by atoms with Crippen molar-refractivity contribution in [3.05, 3.63) is 0 Å². The second-order valence-corrected chi connectivity index (χ2v) is 3.43. The summed E-state index contributed by atoms with van der Waals surface area (Å²) in [5, 5.41) is 12.2. The van der Waals surface area contributed by atoms with Gasteiger partial charge in [0.15, 0.2) is 0 Å². The average molecular weight is 181 g/mol. The normalized spacial score (nSPS) is 28.6. The van der Waals surface area contributed by atoms with E-state index < -0.39 is 12.0 Å². The van der Waals surface area contributed by atoms with Gasteiger partial charge in [-0.1, -0.05) is 19.3 Å². The van der Waals surface area contributed by atoms with Crippen molar-refractivity contribution >= 4 is 5.91 Å². The van der Waals surface area contributed by atoms with Gasteiger partial charge in [-0.05, 0) is 18.8 Å². The molecular formula is C10H15NO2. The Balaban J connectivity index is 2.46. The molecule has 0 aliphatic heterocycles. The number of rotatable bonds is 1. The summed E-state index contributed by atoms with van der Waals surface area (Å²) in [6.45, 7) is 0. The second kappa shape index (κ2) is 4.88. The van der Waals surface area contributed by atoms with Crippen molar-refractivity contribution < 1.29 is 9.90 Å². The lowest BCUT2D eigenvalue weighted by atomic mass is 10.1. The summed E-state index contributed by atoms with van der Waals surface area (Å²) in [6, 6.07) is -0.147. The number of terminal acetylenes is 1. The van der Waals surface area contributed by atoms with Gasteiger partial charge in [0, 0.05) is 0 Å². The van der Waals surface area contributed by atoms with Crippen LogP contribution in [0.25, 0.3) is 0 Å². The third-order valence-electron chi connectivity index (χ3n) is 2.43. The lowest BCUT2D eigenvalue weighted by molar-refractivity contribution is -0.117. The van der Waals surface area contributed by atoms with E-state index in [2.05, 4.69) is 5.32 Å². The smallest absolute Gasteiger partial charge is 0.295 e. The molecule has 3 nitrogen and oxygen atoms in total. The molecule has 1 fully saturated rings. The van der Waals surface area contributed by atoms with Crippen LogP contribution in [-0.4, -0.2) is 23.2 Å². The van der Waals surface area contributed by atoms with E-state index in [0.717, 1.165) is 32.1 Å². The first-order valence-corrected chi connectivity index (χ1v) is 4.69. The Morgan fingerprint density at radius 2 is 2.08 bits per heavy atom. The lowest BCUT2D eigenvalue weighted by Gasteiger charge is -2.20. The van der Waals surface area contributed by atoms with Crippen LogP contribution in [0.4, 0.5) is 0 Å². The van der Waals surface area contributed by atoms with E-state index in [0.29, 0.717) is 0 Å². The maximum Gasteiger partial charge on any atom is 0.295 e. The molecule has 1 aliphatic rings. The van der Waals surface area contributed by atoms with Crippen molar-refractivity contribution in [3.63, 3.8) is 0 Å². The molecule has 1 rings (SSSR count). The molecule has 3 heteroatoms. The van der Waals surface area contributed by atoms with Gasteiger partial charge in [-0.3, -0.25) is 4.79 Å². The zero-order valence-corrected chi connectivity index (χ0v) is 7.62. The Bertz CT molecular complexity index is 219. The molecule has 0 aromatic heterocycles. The molecule has 1 amide bonds. The minimum atomic E-state index is -0.431. The zero-order chi connectivity index (χ0) is 9.68. The van der Waals surface area contributed by atoms with Gasteiger partial charge in [0.05, 0.1) is 12.1 Å². The fraction of sp³-hybridized carbons (Fsp3) is 0.700. The van der Waals surface area contributed by atoms with Gasteiger partial charge in [0.25, 0.3) is 5.91 Å². The molecule has 2 unspecified atom stereocenters. The molecule has 0 spiro atoms. The number of aliphatic hydroxyl groups is 1. The summed E-state index contributed by atoms with van der Waals surface area (Å²) in [5.41, 5.74) is 0. The van der Waals surface area contributed by atoms with Crippen molar-refractivity contribution in [2.45, 2.75) is 44.2 Å². The van der Waals surface area contributed by atoms with E-state index in [1.165, 1.54) is 0 Å². The molecule has 1 aliphatic carbocycles. The minimum absolute atomic E-state index is 0.147. The predicted molar refractivity (Wildman–Crippen MR) is 49.9 cm³/mol. The maximum absolute atomic E-state index is 10.9. The fourth-order valence-corrected chi connectivity index (χ4v) is 1.67. The highest BCUT2D eigenvalue weighted by Gasteiger charge is 2.22. The molecular weight excluding hydrogens is 166 g/mol. The summed E-state index contributed by atoms with van der Waals surface area (Å²) >= 11 is 0. The van der Waals surface area contributed by atoms with Crippen molar-refractivity contribution in [2.75, 3.05) is 0 Å². The standard InChI is InChI=1S/C10H15NO2/c1-2-10(13)11-8-6-4-3-5-7-9(8)12/h1,8-9,12H,3-7H2,(H,11,13). The highest BCUT2D eigenvalue weighted by molar-refractivity contribution is 5.93. The van der Waals surface area contributed by atoms with Gasteiger partial charge in [-0.15, -0.1) is 6.42 Å². The first-order chi connectivity index (χ1) is 6.24. The van der Waals surface area contributed by atoms with Gasteiger partial charge in [0.2, 0.25) is 0 Å². The first kappa shape index (κ1) is 10.1. The Morgan fingerprint density at radius 3 is 2.77 bits per heavy atom. The van der Waals surface area contributed by atoms with Crippen LogP contribution in [0.5, 0.6) is 0 Å². The Hall–Kier alpha value is -1.01. The summed E-state index contributed by atoms with van der Waals surface area (Å²) in [6.07, 6.45) is 9.29. The first-order valence-electron chi connectivity index (χ1n) is 4.69. The van der Waals surface area contributed by atoms with E-state index in [1.807, 2.05) is 5.92 Å². The molecule has 2 atom stereocenters. The largest absolute Gasteiger partial charge is 0.391 e. The summed E-state index contributed by atoms with van der Waals surface area (Å²) in [5.74, 6) is 1.57. The molecule has 0 bridgehead atoms. The Kier molecular flexibility index (Phi) is 3.78. The Labute approximate surface area is 78.5 Å². The van der Waals surface area contributed by atoms with Gasteiger partial charge >= 0.3 is 0 Å². The molecule has 0 saturated heterocycles. The summed E-state index contributed by atoms with van der Waals surface area (Å²) < 4.78 is 0. The molecule has 13 heavy (non-hydrogen) atoms. The quantitative estimate of drug-likeness (QED) is 0.455. The SMILES string of the molecule is C#CC(=O)NC1CCCCCC1O. The average Bonchev–Trinajstić information content (AvgIpc) is 2.32. The lowest BCUT2D eigenvalue weighted by Crippen LogP contribution is -2.42. The van der Waals surface area contributed by atoms with Crippen LogP contribution in [0.3, 0.4) is 0 Å². The highest BCUT2D eigenvalue weighted by atomic mass is 16.3. The van der Waals surface area contributed by atoms with E-state index in [4.69, 9.17) is 6.42 Å². The second-order valence-electron chi connectivity index (χ2n) is 3.43. The number of aliphatic hydroxyl groups excluding tert-OH is 1. The number of carbonyl (C=O) groups excluding carboxylic acids is 1. The van der Waals surface area contributed by atoms with Gasteiger partial charge in [-0.25, -0.2) is 0 Å². The minimum Gasteiger partial charge on any atom is -0.391 e. The van der Waals surface area contributed by atoms with Crippen molar-refractivity contribution in [1.82, 2.24) is 5.32 Å². The molecule has 0 heterocycles. The van der Waals surface area contributed by atoms with Crippen molar-refractivity contribution in [2.24, 2.45) is 0 Å². The van der Waals surface area contributed by atoms with Crippen LogP contribution in [-0.2, 0) is 4.79 Å². The third kappa shape index (κ3) is 3.08. The molecule has 72 valence electrons. The van der Waals surface area contributed by atoms with Crippen molar-refractivity contribution in [1.29, 1.82) is 0 Å². The van der Waals surface area contributed by atoms with E-state index in [9.17, 15) is 9.90 Å². The van der Waals surface area contributed by atoms with Gasteiger partial charge in [0.1, 0.15) is 0 Å². The number of carbonyl (C=O) groups is 1. The molecule has 0 aromatic carbocycles. The number of hydrogen-bond acceptors (Lipinski definition) is 2. The van der Waals surface area contributed by atoms with Crippen LogP contribution >= 0.6 is 0 Å². The monoisotopic (exact) mass is 181 g/mol.